The molecule has 0 bridgehead atoms. The zero-order valence-electron chi connectivity index (χ0n) is 6.05. The van der Waals surface area contributed by atoms with E-state index >= 15 is 0 Å². The van der Waals surface area contributed by atoms with E-state index in [-0.39, 0.29) is 12.4 Å². The third-order valence-corrected chi connectivity index (χ3v) is 2.81. The summed E-state index contributed by atoms with van der Waals surface area (Å²) < 4.78 is 0. The summed E-state index contributed by atoms with van der Waals surface area (Å²) in [5.74, 6) is 1.73. The molecule has 1 aliphatic heterocycles. The van der Waals surface area contributed by atoms with Gasteiger partial charge in [-0.2, -0.15) is 0 Å². The van der Waals surface area contributed by atoms with E-state index in [2.05, 4.69) is 5.32 Å². The molecule has 3 N–H and O–H groups in total. The molecule has 2 fully saturated rings. The molecule has 0 aromatic rings. The minimum absolute atomic E-state index is 0. The Morgan fingerprint density at radius 1 is 1.20 bits per heavy atom. The maximum atomic E-state index is 5.88. The average Bonchev–Trinajstić information content (AvgIpc) is 2.35. The van der Waals surface area contributed by atoms with Crippen LogP contribution in [0.5, 0.6) is 0 Å². The molecular formula is C7H15ClN2. The fourth-order valence-electron chi connectivity index (χ4n) is 2.19. The van der Waals surface area contributed by atoms with E-state index in [9.17, 15) is 0 Å². The van der Waals surface area contributed by atoms with Crippen molar-refractivity contribution in [2.45, 2.75) is 18.9 Å². The summed E-state index contributed by atoms with van der Waals surface area (Å²) in [6.45, 7) is 2.39. The highest BCUT2D eigenvalue weighted by Gasteiger charge is 2.36. The first kappa shape index (κ1) is 8.31. The van der Waals surface area contributed by atoms with Gasteiger partial charge < -0.3 is 11.1 Å². The highest BCUT2D eigenvalue weighted by Crippen LogP contribution is 2.32. The standard InChI is InChI=1S/C7H14N2.ClH/c8-7-2-1-5-3-9-4-6(5)7;/h5-7,9H,1-4,8H2;1H/t5-,6+,7-;/m1./s1. The van der Waals surface area contributed by atoms with Gasteiger partial charge in [0.05, 0.1) is 0 Å². The molecule has 10 heavy (non-hydrogen) atoms. The summed E-state index contributed by atoms with van der Waals surface area (Å²) in [5, 5.41) is 3.37. The Labute approximate surface area is 68.0 Å². The highest BCUT2D eigenvalue weighted by atomic mass is 35.5. The summed E-state index contributed by atoms with van der Waals surface area (Å²) in [7, 11) is 0. The Hall–Kier alpha value is 0.210. The van der Waals surface area contributed by atoms with E-state index in [1.54, 1.807) is 0 Å². The van der Waals surface area contributed by atoms with Crippen LogP contribution < -0.4 is 11.1 Å². The Kier molecular flexibility index (Phi) is 2.55. The lowest BCUT2D eigenvalue weighted by Crippen LogP contribution is -2.28. The van der Waals surface area contributed by atoms with Gasteiger partial charge in [0.2, 0.25) is 0 Å². The number of nitrogens with two attached hydrogens (primary N) is 1. The minimum atomic E-state index is 0. The van der Waals surface area contributed by atoms with Crippen LogP contribution in [0.2, 0.25) is 0 Å². The van der Waals surface area contributed by atoms with Gasteiger partial charge in [-0.3, -0.25) is 0 Å². The fraction of sp³-hybridized carbons (Fsp3) is 1.00. The van der Waals surface area contributed by atoms with Crippen LogP contribution >= 0.6 is 12.4 Å². The van der Waals surface area contributed by atoms with Crippen LogP contribution in [0.1, 0.15) is 12.8 Å². The van der Waals surface area contributed by atoms with Crippen LogP contribution in [0, 0.1) is 11.8 Å². The SMILES string of the molecule is Cl.N[C@@H]1CC[C@@H]2CNC[C@@H]21. The van der Waals surface area contributed by atoms with Crippen LogP contribution in [-0.4, -0.2) is 19.1 Å². The topological polar surface area (TPSA) is 38.0 Å². The van der Waals surface area contributed by atoms with Crippen LogP contribution in [0.15, 0.2) is 0 Å². The molecule has 60 valence electrons. The summed E-state index contributed by atoms with van der Waals surface area (Å²) in [5.41, 5.74) is 5.88. The first-order valence-corrected chi connectivity index (χ1v) is 3.84. The molecule has 2 nitrogen and oxygen atoms in total. The third kappa shape index (κ3) is 1.16. The van der Waals surface area contributed by atoms with Crippen LogP contribution in [0.3, 0.4) is 0 Å². The molecule has 0 aromatic carbocycles. The Bertz CT molecular complexity index is 118. The summed E-state index contributed by atoms with van der Waals surface area (Å²) in [6, 6.07) is 0.505. The van der Waals surface area contributed by atoms with E-state index < -0.39 is 0 Å². The predicted octanol–water partition coefficient (Wildman–Crippen LogP) is 0.365. The lowest BCUT2D eigenvalue weighted by molar-refractivity contribution is 0.453. The van der Waals surface area contributed by atoms with E-state index in [1.165, 1.54) is 25.9 Å². The largest absolute Gasteiger partial charge is 0.327 e. The van der Waals surface area contributed by atoms with Crippen molar-refractivity contribution in [3.8, 4) is 0 Å². The zero-order valence-corrected chi connectivity index (χ0v) is 6.86. The number of halogens is 1. The van der Waals surface area contributed by atoms with Gasteiger partial charge in [-0.25, -0.2) is 0 Å². The number of rotatable bonds is 0. The van der Waals surface area contributed by atoms with E-state index in [0.29, 0.717) is 6.04 Å². The molecule has 1 saturated heterocycles. The number of fused-ring (bicyclic) bond motifs is 1. The second kappa shape index (κ2) is 3.07. The van der Waals surface area contributed by atoms with Crippen molar-refractivity contribution >= 4 is 12.4 Å². The van der Waals surface area contributed by atoms with Gasteiger partial charge in [-0.05, 0) is 37.8 Å². The number of nitrogens with one attached hydrogen (secondary N) is 1. The van der Waals surface area contributed by atoms with Gasteiger partial charge in [0.1, 0.15) is 0 Å². The second-order valence-electron chi connectivity index (χ2n) is 3.32. The van der Waals surface area contributed by atoms with Crippen LogP contribution in [0.25, 0.3) is 0 Å². The van der Waals surface area contributed by atoms with Crippen LogP contribution in [-0.2, 0) is 0 Å². The van der Waals surface area contributed by atoms with E-state index in [4.69, 9.17) is 5.73 Å². The monoisotopic (exact) mass is 162 g/mol. The molecule has 3 atom stereocenters. The molecule has 1 aliphatic carbocycles. The predicted molar refractivity (Wildman–Crippen MR) is 44.3 cm³/mol. The second-order valence-corrected chi connectivity index (χ2v) is 3.32. The molecule has 1 heterocycles. The Morgan fingerprint density at radius 3 is 2.70 bits per heavy atom. The molecule has 0 aromatic heterocycles. The smallest absolute Gasteiger partial charge is 0.00825 e. The Morgan fingerprint density at radius 2 is 2.00 bits per heavy atom. The maximum absolute atomic E-state index is 5.88. The van der Waals surface area contributed by atoms with Gasteiger partial charge in [0.25, 0.3) is 0 Å². The van der Waals surface area contributed by atoms with Gasteiger partial charge >= 0.3 is 0 Å². The molecular weight excluding hydrogens is 148 g/mol. The first-order valence-electron chi connectivity index (χ1n) is 3.84. The summed E-state index contributed by atoms with van der Waals surface area (Å²) in [4.78, 5) is 0. The third-order valence-electron chi connectivity index (χ3n) is 2.81. The molecule has 0 spiro atoms. The fourth-order valence-corrected chi connectivity index (χ4v) is 2.19. The zero-order chi connectivity index (χ0) is 6.27. The van der Waals surface area contributed by atoms with E-state index in [1.807, 2.05) is 0 Å². The molecule has 2 rings (SSSR count). The van der Waals surface area contributed by atoms with Gasteiger partial charge in [0, 0.05) is 6.04 Å². The molecule has 1 saturated carbocycles. The number of hydrogen-bond acceptors (Lipinski definition) is 2. The molecule has 0 radical (unpaired) electrons. The first-order chi connectivity index (χ1) is 4.38. The van der Waals surface area contributed by atoms with Gasteiger partial charge in [-0.1, -0.05) is 0 Å². The van der Waals surface area contributed by atoms with Crippen molar-refractivity contribution in [2.75, 3.05) is 13.1 Å². The molecule has 0 unspecified atom stereocenters. The molecule has 0 amide bonds. The van der Waals surface area contributed by atoms with Gasteiger partial charge in [-0.15, -0.1) is 12.4 Å². The normalized spacial score (nSPS) is 44.7. The lowest BCUT2D eigenvalue weighted by atomic mass is 9.98. The Balaban J connectivity index is 0.000000500. The quantitative estimate of drug-likeness (QED) is 0.540. The average molecular weight is 163 g/mol. The van der Waals surface area contributed by atoms with Crippen molar-refractivity contribution < 1.29 is 0 Å². The van der Waals surface area contributed by atoms with Crippen molar-refractivity contribution in [3.63, 3.8) is 0 Å². The lowest BCUT2D eigenvalue weighted by Gasteiger charge is -2.10. The summed E-state index contributed by atoms with van der Waals surface area (Å²) >= 11 is 0. The van der Waals surface area contributed by atoms with E-state index in [0.717, 1.165) is 11.8 Å². The molecule has 3 heteroatoms. The van der Waals surface area contributed by atoms with Crippen LogP contribution in [0.4, 0.5) is 0 Å². The van der Waals surface area contributed by atoms with Crippen molar-refractivity contribution in [2.24, 2.45) is 17.6 Å². The summed E-state index contributed by atoms with van der Waals surface area (Å²) in [6.07, 6.45) is 2.62. The number of hydrogen-bond donors (Lipinski definition) is 2. The highest BCUT2D eigenvalue weighted by molar-refractivity contribution is 5.85. The van der Waals surface area contributed by atoms with Crippen molar-refractivity contribution in [1.29, 1.82) is 0 Å². The van der Waals surface area contributed by atoms with Crippen molar-refractivity contribution in [1.82, 2.24) is 5.32 Å². The molecule has 2 aliphatic rings. The maximum Gasteiger partial charge on any atom is 0.00825 e. The van der Waals surface area contributed by atoms with Gasteiger partial charge in [0.15, 0.2) is 0 Å². The minimum Gasteiger partial charge on any atom is -0.327 e. The van der Waals surface area contributed by atoms with Crippen molar-refractivity contribution in [3.05, 3.63) is 0 Å².